The maximum Gasteiger partial charge on any atom is 0.330 e. The Morgan fingerprint density at radius 1 is 0.871 bits per heavy atom. The second kappa shape index (κ2) is 10.3. The van der Waals surface area contributed by atoms with Gasteiger partial charge in [0, 0.05) is 17.2 Å². The van der Waals surface area contributed by atoms with Crippen molar-refractivity contribution in [3.05, 3.63) is 90.5 Å². The molecule has 0 radical (unpaired) electrons. The van der Waals surface area contributed by atoms with Gasteiger partial charge in [-0.3, -0.25) is 4.79 Å². The minimum atomic E-state index is -0.949. The van der Waals surface area contributed by atoms with E-state index in [0.717, 1.165) is 11.6 Å². The Balaban J connectivity index is 1.73. The van der Waals surface area contributed by atoms with Crippen LogP contribution in [0.1, 0.15) is 12.0 Å². The molecule has 6 heteroatoms. The third kappa shape index (κ3) is 5.42. The van der Waals surface area contributed by atoms with Crippen LogP contribution in [0.2, 0.25) is 0 Å². The molecular weight excluding hydrogens is 402 g/mol. The number of halogens is 2. The summed E-state index contributed by atoms with van der Waals surface area (Å²) in [6, 6.07) is 16.3. The number of ether oxygens (including phenoxy) is 2. The second-order valence-corrected chi connectivity index (χ2v) is 6.70. The second-order valence-electron chi connectivity index (χ2n) is 6.70. The van der Waals surface area contributed by atoms with Crippen LogP contribution in [0.25, 0.3) is 22.3 Å². The van der Waals surface area contributed by atoms with Gasteiger partial charge >= 0.3 is 5.97 Å². The average Bonchev–Trinajstić information content (AvgIpc) is 2.80. The first-order valence-electron chi connectivity index (χ1n) is 9.60. The van der Waals surface area contributed by atoms with Gasteiger partial charge in [-0.2, -0.15) is 0 Å². The molecule has 158 valence electrons. The van der Waals surface area contributed by atoms with Crippen molar-refractivity contribution in [3.63, 3.8) is 0 Å². The number of rotatable bonds is 9. The van der Waals surface area contributed by atoms with Crippen molar-refractivity contribution in [3.8, 4) is 28.0 Å². The van der Waals surface area contributed by atoms with Crippen molar-refractivity contribution in [2.75, 3.05) is 6.61 Å². The van der Waals surface area contributed by atoms with Crippen LogP contribution in [0, 0.1) is 11.6 Å². The van der Waals surface area contributed by atoms with E-state index < -0.39 is 17.6 Å². The highest BCUT2D eigenvalue weighted by atomic mass is 19.2. The van der Waals surface area contributed by atoms with E-state index in [9.17, 15) is 18.4 Å². The lowest BCUT2D eigenvalue weighted by atomic mass is 9.97. The number of carbonyl (C=O) groups excluding carboxylic acids is 2. The summed E-state index contributed by atoms with van der Waals surface area (Å²) >= 11 is 0. The number of hydrogen-bond donors (Lipinski definition) is 0. The number of aryl methyl sites for hydroxylation is 1. The van der Waals surface area contributed by atoms with Crippen molar-refractivity contribution in [1.29, 1.82) is 0 Å². The molecule has 0 saturated carbocycles. The molecule has 0 atom stereocenters. The van der Waals surface area contributed by atoms with Crippen molar-refractivity contribution in [2.45, 2.75) is 12.8 Å². The zero-order chi connectivity index (χ0) is 22.2. The molecule has 3 rings (SSSR count). The first-order chi connectivity index (χ1) is 15.0. The number of carbonyl (C=O) groups is 2. The topological polar surface area (TPSA) is 52.6 Å². The van der Waals surface area contributed by atoms with Crippen LogP contribution in [0.5, 0.6) is 5.75 Å². The molecule has 0 aliphatic heterocycles. The largest absolute Gasteiger partial charge is 0.463 e. The molecule has 0 fully saturated rings. The highest BCUT2D eigenvalue weighted by Gasteiger charge is 2.16. The fourth-order valence-electron chi connectivity index (χ4n) is 3.12. The zero-order valence-corrected chi connectivity index (χ0v) is 16.6. The lowest BCUT2D eigenvalue weighted by Crippen LogP contribution is -2.02. The number of hydrogen-bond acceptors (Lipinski definition) is 4. The van der Waals surface area contributed by atoms with E-state index in [1.54, 1.807) is 24.3 Å². The molecule has 31 heavy (non-hydrogen) atoms. The van der Waals surface area contributed by atoms with E-state index in [-0.39, 0.29) is 17.7 Å². The average molecular weight is 422 g/mol. The van der Waals surface area contributed by atoms with Gasteiger partial charge in [-0.25, -0.2) is 13.6 Å². The Kier molecular flexibility index (Phi) is 7.27. The third-order valence-corrected chi connectivity index (χ3v) is 4.72. The fraction of sp³-hybridized carbons (Fsp3) is 0.120. The van der Waals surface area contributed by atoms with Gasteiger partial charge in [0.05, 0.1) is 6.61 Å². The maximum atomic E-state index is 14.8. The van der Waals surface area contributed by atoms with Gasteiger partial charge in [0.25, 0.3) is 6.47 Å². The molecule has 0 aliphatic rings. The van der Waals surface area contributed by atoms with Crippen molar-refractivity contribution < 1.29 is 27.8 Å². The molecule has 0 unspecified atom stereocenters. The first kappa shape index (κ1) is 21.9. The van der Waals surface area contributed by atoms with Gasteiger partial charge in [-0.1, -0.05) is 55.1 Å². The summed E-state index contributed by atoms with van der Waals surface area (Å²) in [5.41, 5.74) is 2.29. The SMILES string of the molecule is C=CC(=O)OCCCc1ccc(-c2ccc(-c3ccc(OC=O)cc3)c(F)c2F)cc1. The Bertz CT molecular complexity index is 1070. The van der Waals surface area contributed by atoms with Crippen LogP contribution in [-0.2, 0) is 20.7 Å². The Morgan fingerprint density at radius 3 is 1.94 bits per heavy atom. The lowest BCUT2D eigenvalue weighted by Gasteiger charge is -2.10. The van der Waals surface area contributed by atoms with Gasteiger partial charge in [0.1, 0.15) is 5.75 Å². The van der Waals surface area contributed by atoms with Gasteiger partial charge in [0.2, 0.25) is 0 Å². The minimum Gasteiger partial charge on any atom is -0.463 e. The Morgan fingerprint density at radius 2 is 1.42 bits per heavy atom. The molecule has 0 bridgehead atoms. The molecule has 3 aromatic carbocycles. The highest BCUT2D eigenvalue weighted by molar-refractivity contribution is 5.81. The van der Waals surface area contributed by atoms with Crippen LogP contribution >= 0.6 is 0 Å². The predicted octanol–water partition coefficient (Wildman–Crippen LogP) is 5.50. The summed E-state index contributed by atoms with van der Waals surface area (Å²) in [5.74, 6) is -2.03. The quantitative estimate of drug-likeness (QED) is 0.198. The molecule has 0 heterocycles. The molecule has 0 aliphatic carbocycles. The number of benzene rings is 3. The van der Waals surface area contributed by atoms with E-state index in [0.29, 0.717) is 36.2 Å². The van der Waals surface area contributed by atoms with Crippen LogP contribution in [0.4, 0.5) is 8.78 Å². The van der Waals surface area contributed by atoms with E-state index >= 15 is 0 Å². The van der Waals surface area contributed by atoms with Gasteiger partial charge in [-0.15, -0.1) is 0 Å². The summed E-state index contributed by atoms with van der Waals surface area (Å²) < 4.78 is 39.2. The molecule has 0 aromatic heterocycles. The normalized spacial score (nSPS) is 10.4. The minimum absolute atomic E-state index is 0.115. The van der Waals surface area contributed by atoms with Crippen LogP contribution in [-0.4, -0.2) is 19.0 Å². The summed E-state index contributed by atoms with van der Waals surface area (Å²) in [5, 5.41) is 0. The Labute approximate surface area is 178 Å². The summed E-state index contributed by atoms with van der Waals surface area (Å²) in [6.07, 6.45) is 2.45. The molecule has 3 aromatic rings. The van der Waals surface area contributed by atoms with Crippen LogP contribution in [0.15, 0.2) is 73.3 Å². The highest BCUT2D eigenvalue weighted by Crippen LogP contribution is 2.32. The maximum absolute atomic E-state index is 14.8. The monoisotopic (exact) mass is 422 g/mol. The van der Waals surface area contributed by atoms with Crippen LogP contribution in [0.3, 0.4) is 0 Å². The summed E-state index contributed by atoms with van der Waals surface area (Å²) in [4.78, 5) is 21.4. The lowest BCUT2D eigenvalue weighted by molar-refractivity contribution is -0.137. The molecule has 4 nitrogen and oxygen atoms in total. The van der Waals surface area contributed by atoms with Gasteiger partial charge in [0.15, 0.2) is 11.6 Å². The van der Waals surface area contributed by atoms with E-state index in [1.807, 2.05) is 12.1 Å². The van der Waals surface area contributed by atoms with Crippen LogP contribution < -0.4 is 4.74 Å². The molecule has 0 N–H and O–H groups in total. The smallest absolute Gasteiger partial charge is 0.330 e. The van der Waals surface area contributed by atoms with Crippen molar-refractivity contribution >= 4 is 12.4 Å². The predicted molar refractivity (Wildman–Crippen MR) is 113 cm³/mol. The molecule has 0 spiro atoms. The fourth-order valence-corrected chi connectivity index (χ4v) is 3.12. The van der Waals surface area contributed by atoms with Gasteiger partial charge in [-0.05, 0) is 41.7 Å². The molecule has 0 saturated heterocycles. The summed E-state index contributed by atoms with van der Waals surface area (Å²) in [6.45, 7) is 3.92. The summed E-state index contributed by atoms with van der Waals surface area (Å²) in [7, 11) is 0. The van der Waals surface area contributed by atoms with E-state index in [2.05, 4.69) is 6.58 Å². The zero-order valence-electron chi connectivity index (χ0n) is 16.6. The number of esters is 1. The van der Waals surface area contributed by atoms with Crippen molar-refractivity contribution in [1.82, 2.24) is 0 Å². The molecule has 0 amide bonds. The van der Waals surface area contributed by atoms with Crippen molar-refractivity contribution in [2.24, 2.45) is 0 Å². The van der Waals surface area contributed by atoms with Gasteiger partial charge < -0.3 is 9.47 Å². The van der Waals surface area contributed by atoms with E-state index in [1.165, 1.54) is 24.3 Å². The standard InChI is InChI=1S/C25H20F2O4/c1-2-23(29)30-15-3-4-17-5-7-18(8-6-17)21-13-14-22(25(27)24(21)26)19-9-11-20(12-10-19)31-16-28/h2,5-14,16H,1,3-4,15H2. The Hall–Kier alpha value is -3.80. The van der Waals surface area contributed by atoms with E-state index in [4.69, 9.17) is 9.47 Å². The first-order valence-corrected chi connectivity index (χ1v) is 9.60. The molecular formula is C25H20F2O4. The third-order valence-electron chi connectivity index (χ3n) is 4.72.